The summed E-state index contributed by atoms with van der Waals surface area (Å²) in [5.74, 6) is 0. The van der Waals surface area contributed by atoms with Gasteiger partial charge in [0.2, 0.25) is 0 Å². The first-order valence-corrected chi connectivity index (χ1v) is 13.3. The highest BCUT2D eigenvalue weighted by Crippen LogP contribution is 2.19. The molecule has 40 heavy (non-hydrogen) atoms. The maximum Gasteiger partial charge on any atom is 0.173 e. The van der Waals surface area contributed by atoms with Gasteiger partial charge in [-0.25, -0.2) is 9.13 Å². The maximum atomic E-state index is 4.52. The number of hydrogen-bond donors (Lipinski definition) is 0. The minimum atomic E-state index is 0.766. The number of hydrogen-bond acceptors (Lipinski definition) is 4. The second-order valence-corrected chi connectivity index (χ2v) is 10.1. The average Bonchev–Trinajstić information content (AvgIpc) is 2.98. The molecule has 0 saturated heterocycles. The van der Waals surface area contributed by atoms with Crippen LogP contribution in [0.3, 0.4) is 0 Å². The minimum Gasteiger partial charge on any atom is -0.255 e. The average molecular weight is 523 g/mol. The summed E-state index contributed by atoms with van der Waals surface area (Å²) in [6.07, 6.45) is 15.9. The monoisotopic (exact) mass is 522 g/mol. The van der Waals surface area contributed by atoms with Crippen LogP contribution in [0.15, 0.2) is 122 Å². The van der Waals surface area contributed by atoms with Crippen LogP contribution in [0, 0.1) is 13.8 Å². The first-order chi connectivity index (χ1) is 19.6. The second kappa shape index (κ2) is 11.3. The van der Waals surface area contributed by atoms with Gasteiger partial charge in [0.15, 0.2) is 37.9 Å². The predicted molar refractivity (Wildman–Crippen MR) is 155 cm³/mol. The van der Waals surface area contributed by atoms with Crippen LogP contribution in [0.1, 0.15) is 22.3 Å². The molecule has 194 valence electrons. The summed E-state index contributed by atoms with van der Waals surface area (Å²) in [4.78, 5) is 18.0. The molecule has 0 aliphatic rings. The molecule has 6 nitrogen and oxygen atoms in total. The molecule has 6 heterocycles. The largest absolute Gasteiger partial charge is 0.255 e. The zero-order valence-corrected chi connectivity index (χ0v) is 22.6. The van der Waals surface area contributed by atoms with Crippen molar-refractivity contribution < 1.29 is 9.13 Å². The lowest BCUT2D eigenvalue weighted by atomic mass is 10.1. The quantitative estimate of drug-likeness (QED) is 0.258. The third kappa shape index (κ3) is 5.97. The predicted octanol–water partition coefficient (Wildman–Crippen LogP) is 5.56. The van der Waals surface area contributed by atoms with Gasteiger partial charge in [-0.2, -0.15) is 0 Å². The van der Waals surface area contributed by atoms with Crippen molar-refractivity contribution in [1.29, 1.82) is 0 Å². The molecule has 6 aromatic rings. The molecular weight excluding hydrogens is 492 g/mol. The van der Waals surface area contributed by atoms with Crippen molar-refractivity contribution >= 4 is 0 Å². The topological polar surface area (TPSA) is 59.3 Å². The second-order valence-electron chi connectivity index (χ2n) is 10.1. The molecular formula is C34H30N6+2. The molecule has 0 bridgehead atoms. The molecule has 0 aromatic carbocycles. The smallest absolute Gasteiger partial charge is 0.173 e. The Labute approximate surface area is 234 Å². The third-order valence-electron chi connectivity index (χ3n) is 6.85. The Hall–Kier alpha value is -5.10. The molecule has 0 fully saturated rings. The number of rotatable bonds is 7. The van der Waals surface area contributed by atoms with Crippen LogP contribution in [0.25, 0.3) is 33.9 Å². The van der Waals surface area contributed by atoms with Crippen LogP contribution in [0.2, 0.25) is 0 Å². The lowest BCUT2D eigenvalue weighted by Crippen LogP contribution is -2.33. The van der Waals surface area contributed by atoms with E-state index in [0.717, 1.165) is 35.9 Å². The van der Waals surface area contributed by atoms with Crippen LogP contribution in [0.4, 0.5) is 0 Å². The number of nitrogens with zero attached hydrogens (tertiary/aromatic N) is 6. The molecule has 0 spiro atoms. The van der Waals surface area contributed by atoms with E-state index in [0.29, 0.717) is 0 Å². The molecule has 6 rings (SSSR count). The van der Waals surface area contributed by atoms with Crippen molar-refractivity contribution in [2.45, 2.75) is 26.9 Å². The fraction of sp³-hybridized carbons (Fsp3) is 0.118. The number of aryl methyl sites for hydroxylation is 2. The third-order valence-corrected chi connectivity index (χ3v) is 6.85. The summed E-state index contributed by atoms with van der Waals surface area (Å²) in [5.41, 5.74) is 10.7. The fourth-order valence-electron chi connectivity index (χ4n) is 4.71. The van der Waals surface area contributed by atoms with Gasteiger partial charge in [0.1, 0.15) is 0 Å². The SMILES string of the molecule is Cc1ccnc(-c2cc(C[n+]3ccc(-c4cc[n+](Cc5ccnc(-c6cc(C)ccn6)c5)cc4)cc3)ccn2)c1. The van der Waals surface area contributed by atoms with Crippen LogP contribution >= 0.6 is 0 Å². The summed E-state index contributed by atoms with van der Waals surface area (Å²) >= 11 is 0. The van der Waals surface area contributed by atoms with E-state index in [1.54, 1.807) is 0 Å². The zero-order valence-electron chi connectivity index (χ0n) is 22.6. The number of pyridine rings is 6. The Balaban J connectivity index is 1.12. The van der Waals surface area contributed by atoms with E-state index in [4.69, 9.17) is 0 Å². The van der Waals surface area contributed by atoms with Gasteiger partial charge < -0.3 is 0 Å². The Morgan fingerprint density at radius 2 is 0.800 bits per heavy atom. The lowest BCUT2D eigenvalue weighted by molar-refractivity contribution is -0.688. The van der Waals surface area contributed by atoms with Gasteiger partial charge in [-0.15, -0.1) is 0 Å². The highest BCUT2D eigenvalue weighted by molar-refractivity contribution is 5.61. The van der Waals surface area contributed by atoms with Crippen LogP contribution < -0.4 is 9.13 Å². The van der Waals surface area contributed by atoms with Gasteiger partial charge in [-0.3, -0.25) is 19.9 Å². The van der Waals surface area contributed by atoms with Crippen molar-refractivity contribution in [3.63, 3.8) is 0 Å². The number of aromatic nitrogens is 6. The van der Waals surface area contributed by atoms with Crippen molar-refractivity contribution in [3.8, 4) is 33.9 Å². The van der Waals surface area contributed by atoms with Crippen LogP contribution in [-0.4, -0.2) is 19.9 Å². The molecule has 0 unspecified atom stereocenters. The van der Waals surface area contributed by atoms with E-state index >= 15 is 0 Å². The van der Waals surface area contributed by atoms with E-state index < -0.39 is 0 Å². The van der Waals surface area contributed by atoms with Crippen molar-refractivity contribution in [1.82, 2.24) is 19.9 Å². The van der Waals surface area contributed by atoms with Crippen molar-refractivity contribution in [2.75, 3.05) is 0 Å². The highest BCUT2D eigenvalue weighted by Gasteiger charge is 2.10. The van der Waals surface area contributed by atoms with Crippen LogP contribution in [-0.2, 0) is 13.1 Å². The molecule has 0 radical (unpaired) electrons. The van der Waals surface area contributed by atoms with Crippen molar-refractivity contribution in [3.05, 3.63) is 145 Å². The van der Waals surface area contributed by atoms with E-state index in [-0.39, 0.29) is 0 Å². The van der Waals surface area contributed by atoms with E-state index in [9.17, 15) is 0 Å². The van der Waals surface area contributed by atoms with Gasteiger partial charge in [-0.1, -0.05) is 0 Å². The standard InChI is InChI=1S/C34H30N6/c1-25-3-11-35-31(19-25)33-21-27(5-13-37-33)23-39-15-7-29(8-16-39)30-9-17-40(18-10-30)24-28-6-14-38-34(22-28)32-20-26(2)4-12-36-32/h3-22H,23-24H2,1-2H3/q+2. The Bertz CT molecular complexity index is 1630. The van der Waals surface area contributed by atoms with Crippen molar-refractivity contribution in [2.24, 2.45) is 0 Å². The van der Waals surface area contributed by atoms with Gasteiger partial charge >= 0.3 is 0 Å². The normalized spacial score (nSPS) is 10.9. The summed E-state index contributed by atoms with van der Waals surface area (Å²) in [6.45, 7) is 5.67. The fourth-order valence-corrected chi connectivity index (χ4v) is 4.71. The summed E-state index contributed by atoms with van der Waals surface area (Å²) in [6, 6.07) is 25.1. The van der Waals surface area contributed by atoms with E-state index in [1.165, 1.54) is 33.4 Å². The first kappa shape index (κ1) is 25.2. The zero-order chi connectivity index (χ0) is 27.3. The van der Waals surface area contributed by atoms with Crippen LogP contribution in [0.5, 0.6) is 0 Å². The Morgan fingerprint density at radius 3 is 1.18 bits per heavy atom. The molecule has 0 aliphatic heterocycles. The van der Waals surface area contributed by atoms with Gasteiger partial charge in [-0.05, 0) is 84.6 Å². The first-order valence-electron chi connectivity index (χ1n) is 13.3. The lowest BCUT2D eigenvalue weighted by Gasteiger charge is -2.05. The molecule has 0 atom stereocenters. The summed E-state index contributed by atoms with van der Waals surface area (Å²) in [7, 11) is 0. The Kier molecular flexibility index (Phi) is 7.14. The molecule has 0 N–H and O–H groups in total. The highest BCUT2D eigenvalue weighted by atomic mass is 14.9. The summed E-state index contributed by atoms with van der Waals surface area (Å²) < 4.78 is 4.36. The summed E-state index contributed by atoms with van der Waals surface area (Å²) in [5, 5.41) is 0. The molecule has 6 heteroatoms. The van der Waals surface area contributed by atoms with E-state index in [1.807, 2.05) is 36.9 Å². The maximum absolute atomic E-state index is 4.52. The molecule has 0 amide bonds. The molecule has 0 aliphatic carbocycles. The van der Waals surface area contributed by atoms with Gasteiger partial charge in [0, 0.05) is 60.2 Å². The van der Waals surface area contributed by atoms with Gasteiger partial charge in [0.05, 0.1) is 22.8 Å². The Morgan fingerprint density at radius 1 is 0.450 bits per heavy atom. The minimum absolute atomic E-state index is 0.766. The molecule has 6 aromatic heterocycles. The van der Waals surface area contributed by atoms with Gasteiger partial charge in [0.25, 0.3) is 0 Å². The molecule has 0 saturated carbocycles. The van der Waals surface area contributed by atoms with E-state index in [2.05, 4.69) is 128 Å².